The van der Waals surface area contributed by atoms with E-state index in [1.165, 1.54) is 5.01 Å². The van der Waals surface area contributed by atoms with Gasteiger partial charge in [-0.1, -0.05) is 49.0 Å². The van der Waals surface area contributed by atoms with Crippen LogP contribution in [0.1, 0.15) is 34.5 Å². The van der Waals surface area contributed by atoms with Gasteiger partial charge in [0.2, 0.25) is 0 Å². The number of carbonyl (C=O) groups excluding carboxylic acids is 2. The molecular weight excluding hydrogens is 340 g/mol. The Morgan fingerprint density at radius 2 is 1.78 bits per heavy atom. The van der Waals surface area contributed by atoms with Gasteiger partial charge in [-0.25, -0.2) is 5.01 Å². The Labute approximate surface area is 158 Å². The summed E-state index contributed by atoms with van der Waals surface area (Å²) in [7, 11) is 0. The molecule has 1 saturated heterocycles. The maximum atomic E-state index is 13.2. The molecule has 136 valence electrons. The summed E-state index contributed by atoms with van der Waals surface area (Å²) < 4.78 is 5.31. The number of benzene rings is 2. The van der Waals surface area contributed by atoms with Crippen LogP contribution in [0.15, 0.2) is 73.1 Å². The van der Waals surface area contributed by atoms with Crippen molar-refractivity contribution in [2.24, 2.45) is 5.92 Å². The Kier molecular flexibility index (Phi) is 4.28. The molecule has 2 atom stereocenters. The SMILES string of the molecule is C=C1[C@@H](C(=O)OCC)[C@H]2c3ccccc3C=CN2N1C(=O)c1ccccc1. The molecule has 2 aliphatic heterocycles. The summed E-state index contributed by atoms with van der Waals surface area (Å²) in [5.74, 6) is -1.24. The van der Waals surface area contributed by atoms with Crippen molar-refractivity contribution < 1.29 is 14.3 Å². The Morgan fingerprint density at radius 1 is 1.07 bits per heavy atom. The Hall–Kier alpha value is -3.34. The van der Waals surface area contributed by atoms with Gasteiger partial charge < -0.3 is 4.74 Å². The fourth-order valence-corrected chi connectivity index (χ4v) is 3.74. The van der Waals surface area contributed by atoms with Gasteiger partial charge in [0.1, 0.15) is 5.92 Å². The number of rotatable bonds is 3. The van der Waals surface area contributed by atoms with Crippen LogP contribution in [0.3, 0.4) is 0 Å². The van der Waals surface area contributed by atoms with E-state index in [2.05, 4.69) is 6.58 Å². The number of nitrogens with zero attached hydrogens (tertiary/aromatic N) is 2. The van der Waals surface area contributed by atoms with E-state index in [0.29, 0.717) is 11.3 Å². The van der Waals surface area contributed by atoms with E-state index in [0.717, 1.165) is 11.1 Å². The zero-order valence-corrected chi connectivity index (χ0v) is 15.0. The maximum absolute atomic E-state index is 13.2. The van der Waals surface area contributed by atoms with Crippen molar-refractivity contribution >= 4 is 18.0 Å². The summed E-state index contributed by atoms with van der Waals surface area (Å²) in [5, 5.41) is 3.29. The first-order valence-electron chi connectivity index (χ1n) is 8.93. The lowest BCUT2D eigenvalue weighted by molar-refractivity contribution is -0.147. The molecule has 1 fully saturated rings. The maximum Gasteiger partial charge on any atom is 0.317 e. The van der Waals surface area contributed by atoms with E-state index in [9.17, 15) is 9.59 Å². The van der Waals surface area contributed by atoms with Crippen LogP contribution in [-0.2, 0) is 9.53 Å². The molecule has 0 saturated carbocycles. The van der Waals surface area contributed by atoms with Crippen molar-refractivity contribution in [3.05, 3.63) is 89.8 Å². The molecule has 1 amide bonds. The lowest BCUT2D eigenvalue weighted by atomic mass is 9.88. The minimum atomic E-state index is -0.649. The topological polar surface area (TPSA) is 49.9 Å². The molecule has 0 aliphatic carbocycles. The molecule has 2 aromatic rings. The monoisotopic (exact) mass is 360 g/mol. The van der Waals surface area contributed by atoms with Crippen molar-refractivity contribution in [1.29, 1.82) is 0 Å². The number of hydrogen-bond donors (Lipinski definition) is 0. The second kappa shape index (κ2) is 6.76. The van der Waals surface area contributed by atoms with E-state index >= 15 is 0 Å². The molecule has 0 aromatic heterocycles. The van der Waals surface area contributed by atoms with Crippen LogP contribution in [0.25, 0.3) is 6.08 Å². The van der Waals surface area contributed by atoms with Gasteiger partial charge in [-0.15, -0.1) is 0 Å². The van der Waals surface area contributed by atoms with Crippen LogP contribution in [0.5, 0.6) is 0 Å². The molecule has 27 heavy (non-hydrogen) atoms. The van der Waals surface area contributed by atoms with E-state index < -0.39 is 5.92 Å². The molecule has 0 radical (unpaired) electrons. The van der Waals surface area contributed by atoms with Crippen LogP contribution in [0, 0.1) is 5.92 Å². The zero-order chi connectivity index (χ0) is 19.0. The number of ether oxygens (including phenoxy) is 1. The number of hydrogen-bond acceptors (Lipinski definition) is 4. The number of esters is 1. The second-order valence-electron chi connectivity index (χ2n) is 6.47. The Morgan fingerprint density at radius 3 is 2.52 bits per heavy atom. The van der Waals surface area contributed by atoms with Crippen LogP contribution >= 0.6 is 0 Å². The lowest BCUT2D eigenvalue weighted by Gasteiger charge is -2.34. The number of amides is 1. The average Bonchev–Trinajstić information content (AvgIpc) is 3.00. The van der Waals surface area contributed by atoms with Crippen LogP contribution in [0.2, 0.25) is 0 Å². The normalized spacial score (nSPS) is 20.3. The highest BCUT2D eigenvalue weighted by molar-refractivity contribution is 5.96. The van der Waals surface area contributed by atoms with Gasteiger partial charge in [0, 0.05) is 11.8 Å². The third-order valence-electron chi connectivity index (χ3n) is 4.94. The van der Waals surface area contributed by atoms with E-state index in [-0.39, 0.29) is 24.5 Å². The molecule has 5 nitrogen and oxygen atoms in total. The summed E-state index contributed by atoms with van der Waals surface area (Å²) in [6.07, 6.45) is 3.77. The van der Waals surface area contributed by atoms with Crippen LogP contribution in [-0.4, -0.2) is 28.5 Å². The molecule has 2 aromatic carbocycles. The minimum Gasteiger partial charge on any atom is -0.465 e. The van der Waals surface area contributed by atoms with Crippen molar-refractivity contribution in [2.75, 3.05) is 6.61 Å². The predicted octanol–water partition coefficient (Wildman–Crippen LogP) is 3.78. The third-order valence-corrected chi connectivity index (χ3v) is 4.94. The first-order valence-corrected chi connectivity index (χ1v) is 8.93. The largest absolute Gasteiger partial charge is 0.465 e. The van der Waals surface area contributed by atoms with Gasteiger partial charge >= 0.3 is 5.97 Å². The van der Waals surface area contributed by atoms with Gasteiger partial charge in [0.15, 0.2) is 0 Å². The molecule has 2 aliphatic rings. The van der Waals surface area contributed by atoms with Gasteiger partial charge in [-0.3, -0.25) is 14.6 Å². The number of carbonyl (C=O) groups is 2. The zero-order valence-electron chi connectivity index (χ0n) is 15.0. The summed E-state index contributed by atoms with van der Waals surface area (Å²) in [5.41, 5.74) is 2.96. The van der Waals surface area contributed by atoms with Crippen LogP contribution in [0.4, 0.5) is 0 Å². The predicted molar refractivity (Wildman–Crippen MR) is 102 cm³/mol. The summed E-state index contributed by atoms with van der Waals surface area (Å²) in [6.45, 7) is 6.14. The second-order valence-corrected chi connectivity index (χ2v) is 6.47. The van der Waals surface area contributed by atoms with Crippen molar-refractivity contribution in [3.63, 3.8) is 0 Å². The number of hydrazine groups is 1. The highest BCUT2D eigenvalue weighted by atomic mass is 16.5. The fraction of sp³-hybridized carbons (Fsp3) is 0.182. The van der Waals surface area contributed by atoms with E-state index in [4.69, 9.17) is 4.74 Å². The molecule has 0 unspecified atom stereocenters. The van der Waals surface area contributed by atoms with Crippen molar-refractivity contribution in [1.82, 2.24) is 10.0 Å². The summed E-state index contributed by atoms with van der Waals surface area (Å²) in [4.78, 5) is 25.9. The van der Waals surface area contributed by atoms with Crippen molar-refractivity contribution in [2.45, 2.75) is 13.0 Å². The molecule has 4 rings (SSSR count). The van der Waals surface area contributed by atoms with Gasteiger partial charge in [0.25, 0.3) is 5.91 Å². The molecule has 2 heterocycles. The smallest absolute Gasteiger partial charge is 0.317 e. The molecule has 0 bridgehead atoms. The Bertz CT molecular complexity index is 936. The highest BCUT2D eigenvalue weighted by Gasteiger charge is 2.50. The van der Waals surface area contributed by atoms with E-state index in [1.54, 1.807) is 24.1 Å². The fourth-order valence-electron chi connectivity index (χ4n) is 3.74. The summed E-state index contributed by atoms with van der Waals surface area (Å²) in [6, 6.07) is 16.5. The quantitative estimate of drug-likeness (QED) is 0.782. The molecule has 5 heteroatoms. The third kappa shape index (κ3) is 2.72. The van der Waals surface area contributed by atoms with Crippen molar-refractivity contribution in [3.8, 4) is 0 Å². The summed E-state index contributed by atoms with van der Waals surface area (Å²) >= 11 is 0. The first-order chi connectivity index (χ1) is 13.1. The minimum absolute atomic E-state index is 0.221. The molecular formula is C22H20N2O3. The average molecular weight is 360 g/mol. The first kappa shape index (κ1) is 17.1. The van der Waals surface area contributed by atoms with Gasteiger partial charge in [0.05, 0.1) is 18.3 Å². The molecule has 0 N–H and O–H groups in total. The standard InChI is InChI=1S/C22H20N2O3/c1-3-27-22(26)19-15(2)24(21(25)17-10-5-4-6-11-17)23-14-13-16-9-7-8-12-18(16)20(19)23/h4-14,19-20H,2-3H2,1H3/t19-,20-/m1/s1. The van der Waals surface area contributed by atoms with Crippen LogP contribution < -0.4 is 0 Å². The van der Waals surface area contributed by atoms with E-state index in [1.807, 2.05) is 54.7 Å². The highest BCUT2D eigenvalue weighted by Crippen LogP contribution is 2.47. The Balaban J connectivity index is 1.80. The number of fused-ring (bicyclic) bond motifs is 3. The molecule has 0 spiro atoms. The lowest BCUT2D eigenvalue weighted by Crippen LogP contribution is -2.38. The van der Waals surface area contributed by atoms with Gasteiger partial charge in [-0.2, -0.15) is 0 Å². The van der Waals surface area contributed by atoms with Gasteiger partial charge in [-0.05, 0) is 36.3 Å².